The van der Waals surface area contributed by atoms with Gasteiger partial charge in [0.15, 0.2) is 0 Å². The van der Waals surface area contributed by atoms with Crippen molar-refractivity contribution in [2.24, 2.45) is 5.92 Å². The van der Waals surface area contributed by atoms with Crippen molar-refractivity contribution in [3.8, 4) is 0 Å². The van der Waals surface area contributed by atoms with Crippen molar-refractivity contribution < 1.29 is 13.2 Å². The van der Waals surface area contributed by atoms with Gasteiger partial charge in [-0.1, -0.05) is 41.9 Å². The van der Waals surface area contributed by atoms with E-state index in [1.165, 1.54) is 4.31 Å². The monoisotopic (exact) mass is 391 g/mol. The van der Waals surface area contributed by atoms with Crippen LogP contribution in [0.25, 0.3) is 0 Å². The van der Waals surface area contributed by atoms with Gasteiger partial charge in [0.2, 0.25) is 10.0 Å². The van der Waals surface area contributed by atoms with Crippen LogP contribution < -0.4 is 0 Å². The van der Waals surface area contributed by atoms with E-state index in [-0.39, 0.29) is 6.04 Å². The zero-order chi connectivity index (χ0) is 16.8. The third kappa shape index (κ3) is 5.33. The molecule has 0 saturated heterocycles. The van der Waals surface area contributed by atoms with Crippen molar-refractivity contribution in [2.45, 2.75) is 43.5 Å². The van der Waals surface area contributed by atoms with E-state index in [4.69, 9.17) is 4.74 Å². The lowest BCUT2D eigenvalue weighted by atomic mass is 10.0. The second-order valence-electron chi connectivity index (χ2n) is 5.74. The van der Waals surface area contributed by atoms with Crippen LogP contribution in [0.15, 0.2) is 29.2 Å². The Morgan fingerprint density at radius 3 is 2.27 bits per heavy atom. The molecule has 0 amide bonds. The van der Waals surface area contributed by atoms with Crippen molar-refractivity contribution in [1.29, 1.82) is 0 Å². The van der Waals surface area contributed by atoms with Crippen molar-refractivity contribution in [1.82, 2.24) is 4.31 Å². The highest BCUT2D eigenvalue weighted by atomic mass is 79.9. The Kier molecular flexibility index (Phi) is 8.03. The zero-order valence-electron chi connectivity index (χ0n) is 13.8. The molecule has 6 heteroatoms. The van der Waals surface area contributed by atoms with Crippen LogP contribution in [0.3, 0.4) is 0 Å². The molecule has 0 aliphatic rings. The molecule has 0 fully saturated rings. The van der Waals surface area contributed by atoms with Gasteiger partial charge in [0.1, 0.15) is 0 Å². The highest BCUT2D eigenvalue weighted by molar-refractivity contribution is 9.08. The van der Waals surface area contributed by atoms with Crippen LogP contribution >= 0.6 is 15.9 Å². The second-order valence-corrected chi connectivity index (χ2v) is 8.30. The lowest BCUT2D eigenvalue weighted by Crippen LogP contribution is -2.41. The molecule has 126 valence electrons. The number of hydrogen-bond donors (Lipinski definition) is 0. The quantitative estimate of drug-likeness (QED) is 0.603. The number of rotatable bonds is 9. The van der Waals surface area contributed by atoms with Crippen LogP contribution in [0.1, 0.15) is 32.8 Å². The van der Waals surface area contributed by atoms with E-state index in [9.17, 15) is 8.42 Å². The predicted molar refractivity (Wildman–Crippen MR) is 93.8 cm³/mol. The van der Waals surface area contributed by atoms with Gasteiger partial charge < -0.3 is 4.74 Å². The molecule has 1 atom stereocenters. The smallest absolute Gasteiger partial charge is 0.243 e. The minimum Gasteiger partial charge on any atom is -0.380 e. The predicted octanol–water partition coefficient (Wildman–Crippen LogP) is 3.65. The molecule has 1 aromatic rings. The first kappa shape index (κ1) is 19.6. The van der Waals surface area contributed by atoms with Crippen LogP contribution in [0.5, 0.6) is 0 Å². The van der Waals surface area contributed by atoms with Crippen molar-refractivity contribution in [3.05, 3.63) is 29.8 Å². The van der Waals surface area contributed by atoms with Gasteiger partial charge in [-0.15, -0.1) is 0 Å². The number of sulfonamides is 1. The van der Waals surface area contributed by atoms with Crippen LogP contribution in [-0.4, -0.2) is 39.0 Å². The van der Waals surface area contributed by atoms with Gasteiger partial charge in [-0.2, -0.15) is 4.31 Å². The molecular weight excluding hydrogens is 366 g/mol. The first-order valence-electron chi connectivity index (χ1n) is 7.53. The van der Waals surface area contributed by atoms with Gasteiger partial charge in [-0.3, -0.25) is 0 Å². The van der Waals surface area contributed by atoms with Crippen molar-refractivity contribution in [2.75, 3.05) is 20.3 Å². The average molecular weight is 392 g/mol. The molecule has 0 heterocycles. The Hall–Kier alpha value is -0.430. The Bertz CT molecular complexity index is 543. The summed E-state index contributed by atoms with van der Waals surface area (Å²) >= 11 is 3.36. The van der Waals surface area contributed by atoms with Crippen LogP contribution in [0, 0.1) is 5.92 Å². The molecule has 0 aliphatic carbocycles. The van der Waals surface area contributed by atoms with E-state index in [1.807, 2.05) is 19.1 Å². The SMILES string of the molecule is CCOC[C@H](CC(C)C)N(C)S(=O)(=O)c1ccc(CBr)cc1. The number of nitrogens with zero attached hydrogens (tertiary/aromatic N) is 1. The topological polar surface area (TPSA) is 46.6 Å². The van der Waals surface area contributed by atoms with E-state index in [0.717, 1.165) is 12.0 Å². The van der Waals surface area contributed by atoms with E-state index in [1.54, 1.807) is 19.2 Å². The number of benzene rings is 1. The van der Waals surface area contributed by atoms with E-state index in [0.29, 0.717) is 29.4 Å². The molecule has 4 nitrogen and oxygen atoms in total. The van der Waals surface area contributed by atoms with Crippen molar-refractivity contribution in [3.63, 3.8) is 0 Å². The number of hydrogen-bond acceptors (Lipinski definition) is 3. The molecule has 0 bridgehead atoms. The molecule has 0 aliphatic heterocycles. The minimum atomic E-state index is -3.50. The highest BCUT2D eigenvalue weighted by Gasteiger charge is 2.28. The normalized spacial score (nSPS) is 13.8. The van der Waals surface area contributed by atoms with Crippen LogP contribution in [-0.2, 0) is 20.1 Å². The fourth-order valence-corrected chi connectivity index (χ4v) is 3.96. The van der Waals surface area contributed by atoms with Crippen LogP contribution in [0.2, 0.25) is 0 Å². The Morgan fingerprint density at radius 2 is 1.82 bits per heavy atom. The Labute approximate surface area is 143 Å². The van der Waals surface area contributed by atoms with Crippen molar-refractivity contribution >= 4 is 26.0 Å². The fourth-order valence-electron chi connectivity index (χ4n) is 2.23. The molecule has 0 N–H and O–H groups in total. The summed E-state index contributed by atoms with van der Waals surface area (Å²) in [5.41, 5.74) is 1.05. The number of likely N-dealkylation sites (N-methyl/N-ethyl adjacent to an activating group) is 1. The standard InChI is InChI=1S/C16H26BrNO3S/c1-5-21-12-15(10-13(2)3)18(4)22(19,20)16-8-6-14(11-17)7-9-16/h6-9,13,15H,5,10-12H2,1-4H3/t15-/m0/s1. The summed E-state index contributed by atoms with van der Waals surface area (Å²) in [4.78, 5) is 0.324. The number of alkyl halides is 1. The molecule has 0 spiro atoms. The molecule has 22 heavy (non-hydrogen) atoms. The molecule has 0 saturated carbocycles. The first-order chi connectivity index (χ1) is 10.3. The van der Waals surface area contributed by atoms with Crippen LogP contribution in [0.4, 0.5) is 0 Å². The lowest BCUT2D eigenvalue weighted by Gasteiger charge is -2.28. The number of halogens is 1. The summed E-state index contributed by atoms with van der Waals surface area (Å²) in [6.07, 6.45) is 0.773. The third-order valence-electron chi connectivity index (χ3n) is 3.53. The average Bonchev–Trinajstić information content (AvgIpc) is 2.50. The molecule has 0 unspecified atom stereocenters. The Balaban J connectivity index is 2.99. The molecule has 0 radical (unpaired) electrons. The fraction of sp³-hybridized carbons (Fsp3) is 0.625. The van der Waals surface area contributed by atoms with E-state index >= 15 is 0 Å². The van der Waals surface area contributed by atoms with E-state index in [2.05, 4.69) is 29.8 Å². The molecule has 1 aromatic carbocycles. The second kappa shape index (κ2) is 9.01. The van der Waals surface area contributed by atoms with Gasteiger partial charge in [0.25, 0.3) is 0 Å². The first-order valence-corrected chi connectivity index (χ1v) is 10.1. The van der Waals surface area contributed by atoms with Gasteiger partial charge in [0, 0.05) is 25.0 Å². The summed E-state index contributed by atoms with van der Waals surface area (Å²) in [6.45, 7) is 7.10. The maximum Gasteiger partial charge on any atom is 0.243 e. The summed E-state index contributed by atoms with van der Waals surface area (Å²) in [6, 6.07) is 6.83. The minimum absolute atomic E-state index is 0.152. The summed E-state index contributed by atoms with van der Waals surface area (Å²) in [5.74, 6) is 0.402. The molecule has 0 aromatic heterocycles. The zero-order valence-corrected chi connectivity index (χ0v) is 16.2. The summed E-state index contributed by atoms with van der Waals surface area (Å²) < 4.78 is 32.5. The lowest BCUT2D eigenvalue weighted by molar-refractivity contribution is 0.0954. The third-order valence-corrected chi connectivity index (χ3v) is 6.10. The number of ether oxygens (including phenoxy) is 1. The maximum absolute atomic E-state index is 12.8. The highest BCUT2D eigenvalue weighted by Crippen LogP contribution is 2.21. The summed E-state index contributed by atoms with van der Waals surface area (Å²) in [5, 5.41) is 0.712. The van der Waals surface area contributed by atoms with E-state index < -0.39 is 10.0 Å². The maximum atomic E-state index is 12.8. The van der Waals surface area contributed by atoms with Gasteiger partial charge >= 0.3 is 0 Å². The largest absolute Gasteiger partial charge is 0.380 e. The van der Waals surface area contributed by atoms with Gasteiger partial charge in [0.05, 0.1) is 11.5 Å². The van der Waals surface area contributed by atoms with Gasteiger partial charge in [-0.05, 0) is 37.0 Å². The molecular formula is C16H26BrNO3S. The Morgan fingerprint density at radius 1 is 1.23 bits per heavy atom. The molecule has 1 rings (SSSR count). The van der Waals surface area contributed by atoms with Gasteiger partial charge in [-0.25, -0.2) is 8.42 Å². The summed E-state index contributed by atoms with van der Waals surface area (Å²) in [7, 11) is -1.86.